The number of aromatic nitrogens is 1. The molecule has 0 saturated heterocycles. The highest BCUT2D eigenvalue weighted by Crippen LogP contribution is 2.33. The molecule has 0 spiro atoms. The van der Waals surface area contributed by atoms with Gasteiger partial charge in [0.25, 0.3) is 0 Å². The first-order chi connectivity index (χ1) is 9.09. The first-order valence-corrected chi connectivity index (χ1v) is 6.46. The Labute approximate surface area is 112 Å². The molecule has 1 aliphatic rings. The van der Waals surface area contributed by atoms with Crippen LogP contribution in [0.3, 0.4) is 0 Å². The minimum absolute atomic E-state index is 0.0679. The van der Waals surface area contributed by atoms with E-state index in [4.69, 9.17) is 5.11 Å². The van der Waals surface area contributed by atoms with Crippen molar-refractivity contribution in [2.24, 2.45) is 11.8 Å². The lowest BCUT2D eigenvalue weighted by atomic mass is 9.95. The summed E-state index contributed by atoms with van der Waals surface area (Å²) in [6, 6.07) is 3.71. The summed E-state index contributed by atoms with van der Waals surface area (Å²) in [6.07, 6.45) is 5.47. The van der Waals surface area contributed by atoms with Gasteiger partial charge < -0.3 is 10.0 Å². The minimum Gasteiger partial charge on any atom is -0.481 e. The molecule has 0 aromatic carbocycles. The number of carbonyl (C=O) groups excluding carboxylic acids is 1. The fraction of sp³-hybridized carbons (Fsp3) is 0.500. The summed E-state index contributed by atoms with van der Waals surface area (Å²) in [6.45, 7) is 0.490. The molecule has 1 amide bonds. The third-order valence-corrected chi connectivity index (χ3v) is 3.70. The van der Waals surface area contributed by atoms with Gasteiger partial charge in [0.1, 0.15) is 0 Å². The smallest absolute Gasteiger partial charge is 0.307 e. The maximum Gasteiger partial charge on any atom is 0.307 e. The van der Waals surface area contributed by atoms with Crippen LogP contribution in [0.1, 0.15) is 24.8 Å². The topological polar surface area (TPSA) is 70.5 Å². The molecule has 0 aliphatic heterocycles. The molecule has 5 heteroatoms. The van der Waals surface area contributed by atoms with Crippen LogP contribution in [-0.2, 0) is 16.1 Å². The van der Waals surface area contributed by atoms with Crippen LogP contribution in [0.25, 0.3) is 0 Å². The standard InChI is InChI=1S/C14H18N2O3/c1-16(9-10-5-7-15-8-6-10)13(17)11-3-2-4-12(11)14(18)19/h5-8,11-12H,2-4,9H2,1H3,(H,18,19). The summed E-state index contributed by atoms with van der Waals surface area (Å²) in [4.78, 5) is 29.0. The molecule has 2 rings (SSSR count). The zero-order valence-electron chi connectivity index (χ0n) is 11.0. The van der Waals surface area contributed by atoms with E-state index in [0.717, 1.165) is 12.0 Å². The molecule has 1 aromatic heterocycles. The molecule has 0 radical (unpaired) electrons. The Balaban J connectivity index is 2.01. The third-order valence-electron chi connectivity index (χ3n) is 3.70. The van der Waals surface area contributed by atoms with Gasteiger partial charge in [0.15, 0.2) is 0 Å². The van der Waals surface area contributed by atoms with E-state index in [1.54, 1.807) is 24.3 Å². The largest absolute Gasteiger partial charge is 0.481 e. The first kappa shape index (κ1) is 13.5. The van der Waals surface area contributed by atoms with Crippen LogP contribution in [-0.4, -0.2) is 33.9 Å². The van der Waals surface area contributed by atoms with Gasteiger partial charge in [0, 0.05) is 26.0 Å². The second-order valence-electron chi connectivity index (χ2n) is 5.03. The highest BCUT2D eigenvalue weighted by Gasteiger charge is 2.38. The Bertz CT molecular complexity index is 461. The highest BCUT2D eigenvalue weighted by atomic mass is 16.4. The van der Waals surface area contributed by atoms with Crippen LogP contribution in [0.15, 0.2) is 24.5 Å². The SMILES string of the molecule is CN(Cc1ccncc1)C(=O)C1CCCC1C(=O)O. The number of aliphatic carboxylic acids is 1. The van der Waals surface area contributed by atoms with E-state index >= 15 is 0 Å². The van der Waals surface area contributed by atoms with Gasteiger partial charge in [0.05, 0.1) is 11.8 Å². The van der Waals surface area contributed by atoms with Crippen LogP contribution in [0.5, 0.6) is 0 Å². The molecule has 5 nitrogen and oxygen atoms in total. The van der Waals surface area contributed by atoms with Gasteiger partial charge >= 0.3 is 5.97 Å². The van der Waals surface area contributed by atoms with Crippen LogP contribution < -0.4 is 0 Å². The van der Waals surface area contributed by atoms with Crippen molar-refractivity contribution in [3.05, 3.63) is 30.1 Å². The van der Waals surface area contributed by atoms with E-state index in [1.807, 2.05) is 12.1 Å². The summed E-state index contributed by atoms with van der Waals surface area (Å²) in [5.41, 5.74) is 0.996. The maximum atomic E-state index is 12.3. The number of rotatable bonds is 4. The van der Waals surface area contributed by atoms with Crippen LogP contribution in [0.4, 0.5) is 0 Å². The molecule has 102 valence electrons. The van der Waals surface area contributed by atoms with Crippen LogP contribution in [0, 0.1) is 11.8 Å². The first-order valence-electron chi connectivity index (χ1n) is 6.46. The third kappa shape index (κ3) is 3.10. The summed E-state index contributed by atoms with van der Waals surface area (Å²) in [7, 11) is 1.72. The van der Waals surface area contributed by atoms with Gasteiger partial charge in [0.2, 0.25) is 5.91 Å². The van der Waals surface area contributed by atoms with Crippen LogP contribution >= 0.6 is 0 Å². The predicted octanol–water partition coefficient (Wildman–Crippen LogP) is 1.54. The van der Waals surface area contributed by atoms with Crippen molar-refractivity contribution < 1.29 is 14.7 Å². The molecule has 19 heavy (non-hydrogen) atoms. The molecule has 1 fully saturated rings. The van der Waals surface area contributed by atoms with Gasteiger partial charge in [-0.3, -0.25) is 14.6 Å². The quantitative estimate of drug-likeness (QED) is 0.893. The van der Waals surface area contributed by atoms with Gasteiger partial charge in [-0.25, -0.2) is 0 Å². The molecule has 1 saturated carbocycles. The fourth-order valence-electron chi connectivity index (χ4n) is 2.67. The summed E-state index contributed by atoms with van der Waals surface area (Å²) >= 11 is 0. The number of pyridine rings is 1. The van der Waals surface area contributed by atoms with Crippen molar-refractivity contribution in [1.82, 2.24) is 9.88 Å². The van der Waals surface area contributed by atoms with Gasteiger partial charge in [-0.05, 0) is 30.5 Å². The summed E-state index contributed by atoms with van der Waals surface area (Å²) in [5.74, 6) is -1.81. The van der Waals surface area contributed by atoms with Gasteiger partial charge in [-0.15, -0.1) is 0 Å². The number of carboxylic acids is 1. The van der Waals surface area contributed by atoms with E-state index in [0.29, 0.717) is 19.4 Å². The average Bonchev–Trinajstić information content (AvgIpc) is 2.88. The van der Waals surface area contributed by atoms with E-state index in [-0.39, 0.29) is 11.8 Å². The predicted molar refractivity (Wildman–Crippen MR) is 69.2 cm³/mol. The number of hydrogen-bond acceptors (Lipinski definition) is 3. The molecule has 1 N–H and O–H groups in total. The fourth-order valence-corrected chi connectivity index (χ4v) is 2.67. The van der Waals surface area contributed by atoms with Gasteiger partial charge in [-0.1, -0.05) is 6.42 Å². The Hall–Kier alpha value is -1.91. The molecule has 2 unspecified atom stereocenters. The number of hydrogen-bond donors (Lipinski definition) is 1. The Morgan fingerprint density at radius 1 is 1.32 bits per heavy atom. The van der Waals surface area contributed by atoms with E-state index in [2.05, 4.69) is 4.98 Å². The zero-order valence-corrected chi connectivity index (χ0v) is 11.0. The molecule has 1 aliphatic carbocycles. The maximum absolute atomic E-state index is 12.3. The zero-order chi connectivity index (χ0) is 13.8. The number of carboxylic acid groups (broad SMARTS) is 1. The molecular formula is C14H18N2O3. The lowest BCUT2D eigenvalue weighted by molar-refractivity contribution is -0.148. The number of amides is 1. The Kier molecular flexibility index (Phi) is 4.14. The van der Waals surface area contributed by atoms with E-state index in [9.17, 15) is 9.59 Å². The van der Waals surface area contributed by atoms with E-state index in [1.165, 1.54) is 0 Å². The average molecular weight is 262 g/mol. The van der Waals surface area contributed by atoms with Crippen molar-refractivity contribution in [3.63, 3.8) is 0 Å². The summed E-state index contributed by atoms with van der Waals surface area (Å²) in [5, 5.41) is 9.13. The molecule has 1 heterocycles. The van der Waals surface area contributed by atoms with E-state index < -0.39 is 11.9 Å². The molecule has 0 bridgehead atoms. The Morgan fingerprint density at radius 2 is 1.95 bits per heavy atom. The monoisotopic (exact) mass is 262 g/mol. The molecule has 1 aromatic rings. The van der Waals surface area contributed by atoms with Crippen LogP contribution in [0.2, 0.25) is 0 Å². The van der Waals surface area contributed by atoms with Crippen molar-refractivity contribution in [2.45, 2.75) is 25.8 Å². The lowest BCUT2D eigenvalue weighted by Gasteiger charge is -2.23. The number of carbonyl (C=O) groups is 2. The Morgan fingerprint density at radius 3 is 2.58 bits per heavy atom. The van der Waals surface area contributed by atoms with Crippen molar-refractivity contribution in [3.8, 4) is 0 Å². The highest BCUT2D eigenvalue weighted by molar-refractivity contribution is 5.85. The van der Waals surface area contributed by atoms with Crippen molar-refractivity contribution in [1.29, 1.82) is 0 Å². The minimum atomic E-state index is -0.854. The summed E-state index contributed by atoms with van der Waals surface area (Å²) < 4.78 is 0. The lowest BCUT2D eigenvalue weighted by Crippen LogP contribution is -2.36. The molecule has 2 atom stereocenters. The van der Waals surface area contributed by atoms with Crippen molar-refractivity contribution >= 4 is 11.9 Å². The van der Waals surface area contributed by atoms with Gasteiger partial charge in [-0.2, -0.15) is 0 Å². The normalized spacial score (nSPS) is 22.2. The van der Waals surface area contributed by atoms with Crippen molar-refractivity contribution in [2.75, 3.05) is 7.05 Å². The second kappa shape index (κ2) is 5.82. The number of nitrogens with zero attached hydrogens (tertiary/aromatic N) is 2. The molecular weight excluding hydrogens is 244 g/mol. The second-order valence-corrected chi connectivity index (χ2v) is 5.03.